The van der Waals surface area contributed by atoms with Gasteiger partial charge < -0.3 is 9.15 Å². The molecular weight excluding hydrogens is 494 g/mol. The lowest BCUT2D eigenvalue weighted by molar-refractivity contribution is -0.384. The molecule has 2 aliphatic rings. The highest BCUT2D eigenvalue weighted by atomic mass is 35.5. The zero-order valence-electron chi connectivity index (χ0n) is 17.9. The van der Waals surface area contributed by atoms with Crippen molar-refractivity contribution in [3.05, 3.63) is 86.6 Å². The number of amidine groups is 2. The van der Waals surface area contributed by atoms with Crippen LogP contribution in [0.1, 0.15) is 11.3 Å². The SMILES string of the molecule is COc1ccc(-c2ccc(/C=C3/C(=N)N4N=C(c5ccccc5Cl)SC4=NC3=O)o2)c([N+](=O)[O-])c1. The molecule has 1 amide bonds. The fourth-order valence-corrected chi connectivity index (χ4v) is 4.66. The molecule has 3 heterocycles. The van der Waals surface area contributed by atoms with Crippen LogP contribution in [0.15, 0.2) is 74.7 Å². The monoisotopic (exact) mass is 507 g/mol. The van der Waals surface area contributed by atoms with Gasteiger partial charge in [-0.2, -0.15) is 15.1 Å². The van der Waals surface area contributed by atoms with E-state index in [9.17, 15) is 14.9 Å². The van der Waals surface area contributed by atoms with E-state index in [-0.39, 0.29) is 39.3 Å². The van der Waals surface area contributed by atoms with Gasteiger partial charge in [0.05, 0.1) is 34.3 Å². The summed E-state index contributed by atoms with van der Waals surface area (Å²) in [7, 11) is 1.42. The fraction of sp³-hybridized carbons (Fsp3) is 0.0435. The predicted octanol–water partition coefficient (Wildman–Crippen LogP) is 5.18. The maximum atomic E-state index is 12.7. The molecule has 10 nitrogen and oxygen atoms in total. The van der Waals surface area contributed by atoms with Crippen molar-refractivity contribution < 1.29 is 18.9 Å². The average Bonchev–Trinajstić information content (AvgIpc) is 3.49. The minimum absolute atomic E-state index is 0.0383. The summed E-state index contributed by atoms with van der Waals surface area (Å²) in [6.07, 6.45) is 1.36. The Labute approximate surface area is 207 Å². The van der Waals surface area contributed by atoms with Crippen molar-refractivity contribution in [2.75, 3.05) is 7.11 Å². The zero-order valence-corrected chi connectivity index (χ0v) is 19.5. The fourth-order valence-electron chi connectivity index (χ4n) is 3.45. The van der Waals surface area contributed by atoms with Crippen LogP contribution in [-0.4, -0.2) is 39.0 Å². The lowest BCUT2D eigenvalue weighted by atomic mass is 10.1. The Morgan fingerprint density at radius 1 is 1.20 bits per heavy atom. The summed E-state index contributed by atoms with van der Waals surface area (Å²) < 4.78 is 10.8. The van der Waals surface area contributed by atoms with E-state index in [1.165, 1.54) is 30.3 Å². The molecule has 1 aromatic heterocycles. The number of hydrazone groups is 1. The number of nitro benzene ring substituents is 1. The number of nitrogens with one attached hydrogen (secondary N) is 1. The number of halogens is 1. The second-order valence-electron chi connectivity index (χ2n) is 7.25. The number of carbonyl (C=O) groups excluding carboxylic acids is 1. The van der Waals surface area contributed by atoms with Gasteiger partial charge in [-0.25, -0.2) is 0 Å². The van der Waals surface area contributed by atoms with Crippen LogP contribution in [0.3, 0.4) is 0 Å². The van der Waals surface area contributed by atoms with Gasteiger partial charge in [-0.3, -0.25) is 20.3 Å². The molecule has 2 aromatic carbocycles. The van der Waals surface area contributed by atoms with Crippen LogP contribution in [0.2, 0.25) is 5.02 Å². The normalized spacial score (nSPS) is 16.3. The first kappa shape index (κ1) is 22.6. The van der Waals surface area contributed by atoms with E-state index in [2.05, 4.69) is 10.1 Å². The van der Waals surface area contributed by atoms with Crippen molar-refractivity contribution in [1.29, 1.82) is 5.41 Å². The number of nitro groups is 1. The molecule has 0 bridgehead atoms. The average molecular weight is 508 g/mol. The molecule has 0 saturated heterocycles. The van der Waals surface area contributed by atoms with Gasteiger partial charge in [0.15, 0.2) is 5.84 Å². The van der Waals surface area contributed by atoms with E-state index >= 15 is 0 Å². The summed E-state index contributed by atoms with van der Waals surface area (Å²) in [5, 5.41) is 27.0. The predicted molar refractivity (Wildman–Crippen MR) is 133 cm³/mol. The number of thioether (sulfide) groups is 1. The van der Waals surface area contributed by atoms with Crippen LogP contribution in [0, 0.1) is 15.5 Å². The smallest absolute Gasteiger partial charge is 0.284 e. The minimum Gasteiger partial charge on any atom is -0.497 e. The number of carbonyl (C=O) groups is 1. The van der Waals surface area contributed by atoms with Crippen LogP contribution in [0.25, 0.3) is 17.4 Å². The Bertz CT molecular complexity index is 1510. The van der Waals surface area contributed by atoms with Crippen molar-refractivity contribution in [3.63, 3.8) is 0 Å². The van der Waals surface area contributed by atoms with Crippen LogP contribution < -0.4 is 4.74 Å². The molecule has 0 unspecified atom stereocenters. The van der Waals surface area contributed by atoms with Crippen molar-refractivity contribution in [3.8, 4) is 17.1 Å². The van der Waals surface area contributed by atoms with Gasteiger partial charge >= 0.3 is 0 Å². The summed E-state index contributed by atoms with van der Waals surface area (Å²) in [4.78, 5) is 27.7. The van der Waals surface area contributed by atoms with Gasteiger partial charge in [-0.05, 0) is 48.2 Å². The van der Waals surface area contributed by atoms with Gasteiger partial charge in [0.1, 0.15) is 22.3 Å². The van der Waals surface area contributed by atoms with E-state index in [1.54, 1.807) is 36.4 Å². The molecule has 35 heavy (non-hydrogen) atoms. The van der Waals surface area contributed by atoms with Crippen molar-refractivity contribution in [2.45, 2.75) is 0 Å². The second-order valence-corrected chi connectivity index (χ2v) is 8.61. The van der Waals surface area contributed by atoms with Crippen molar-refractivity contribution >= 4 is 57.1 Å². The standard InChI is InChI=1S/C23H14ClN5O5S/c1-33-12-6-8-15(18(11-12)29(31)32)19-9-7-13(34-19)10-16-20(25)28-23(26-21(16)30)35-22(27-28)14-4-2-3-5-17(14)24/h2-11,25H,1H3/b16-10-,25-20?. The minimum atomic E-state index is -0.627. The highest BCUT2D eigenvalue weighted by Crippen LogP contribution is 2.36. The number of nitrogens with zero attached hydrogens (tertiary/aromatic N) is 4. The quantitative estimate of drug-likeness (QED) is 0.285. The Balaban J connectivity index is 1.47. The first-order chi connectivity index (χ1) is 16.9. The van der Waals surface area contributed by atoms with E-state index < -0.39 is 10.8 Å². The number of aliphatic imine (C=N–C) groups is 1. The number of benzene rings is 2. The number of amides is 1. The highest BCUT2D eigenvalue weighted by Gasteiger charge is 2.36. The number of fused-ring (bicyclic) bond motifs is 1. The summed E-state index contributed by atoms with van der Waals surface area (Å²) in [5.74, 6) is -0.0231. The van der Waals surface area contributed by atoms with Crippen molar-refractivity contribution in [1.82, 2.24) is 5.01 Å². The van der Waals surface area contributed by atoms with E-state index in [4.69, 9.17) is 26.2 Å². The highest BCUT2D eigenvalue weighted by molar-refractivity contribution is 8.27. The molecule has 0 radical (unpaired) electrons. The molecule has 0 saturated carbocycles. The number of ether oxygens (including phenoxy) is 1. The number of methoxy groups -OCH3 is 1. The molecule has 3 aromatic rings. The summed E-state index contributed by atoms with van der Waals surface area (Å²) >= 11 is 7.40. The largest absolute Gasteiger partial charge is 0.497 e. The van der Waals surface area contributed by atoms with Gasteiger partial charge in [0.2, 0.25) is 5.17 Å². The number of hydrogen-bond acceptors (Lipinski definition) is 8. The molecule has 0 aliphatic carbocycles. The van der Waals surface area contributed by atoms with Crippen LogP contribution in [-0.2, 0) is 4.79 Å². The molecule has 1 N–H and O–H groups in total. The van der Waals surface area contributed by atoms with Gasteiger partial charge in [0.25, 0.3) is 11.6 Å². The van der Waals surface area contributed by atoms with E-state index in [1.807, 2.05) is 6.07 Å². The lowest BCUT2D eigenvalue weighted by Gasteiger charge is -2.19. The van der Waals surface area contributed by atoms with Crippen LogP contribution in [0.5, 0.6) is 5.75 Å². The lowest BCUT2D eigenvalue weighted by Crippen LogP contribution is -2.35. The molecule has 12 heteroatoms. The third-order valence-electron chi connectivity index (χ3n) is 5.14. The summed E-state index contributed by atoms with van der Waals surface area (Å²) in [6, 6.07) is 14.6. The third kappa shape index (κ3) is 4.11. The van der Waals surface area contributed by atoms with E-state index in [0.29, 0.717) is 21.4 Å². The maximum Gasteiger partial charge on any atom is 0.284 e. The molecule has 0 spiro atoms. The molecule has 0 fully saturated rings. The number of hydrogen-bond donors (Lipinski definition) is 1. The van der Waals surface area contributed by atoms with Crippen molar-refractivity contribution in [2.24, 2.45) is 10.1 Å². The van der Waals surface area contributed by atoms with Gasteiger partial charge in [0, 0.05) is 5.56 Å². The van der Waals surface area contributed by atoms with Crippen LogP contribution in [0.4, 0.5) is 5.69 Å². The Morgan fingerprint density at radius 3 is 2.74 bits per heavy atom. The summed E-state index contributed by atoms with van der Waals surface area (Å²) in [6.45, 7) is 0. The van der Waals surface area contributed by atoms with Gasteiger partial charge in [-0.1, -0.05) is 29.8 Å². The Hall–Kier alpha value is -4.22. The van der Waals surface area contributed by atoms with Crippen LogP contribution >= 0.6 is 23.4 Å². The second kappa shape index (κ2) is 8.85. The molecule has 5 rings (SSSR count). The maximum absolute atomic E-state index is 12.7. The molecule has 2 aliphatic heterocycles. The molecule has 0 atom stereocenters. The third-order valence-corrected chi connectivity index (χ3v) is 6.41. The van der Waals surface area contributed by atoms with E-state index in [0.717, 1.165) is 11.8 Å². The first-order valence-corrected chi connectivity index (χ1v) is 11.2. The topological polar surface area (TPSA) is 134 Å². The summed E-state index contributed by atoms with van der Waals surface area (Å²) in [5.41, 5.74) is 0.683. The molecular formula is C23H14ClN5O5S. The Kier molecular flexibility index (Phi) is 5.71. The Morgan fingerprint density at radius 2 is 2.00 bits per heavy atom. The number of furan rings is 1. The number of rotatable bonds is 5. The molecule has 174 valence electrons. The zero-order chi connectivity index (χ0) is 24.7. The van der Waals surface area contributed by atoms with Gasteiger partial charge in [-0.15, -0.1) is 0 Å². The first-order valence-electron chi connectivity index (χ1n) is 10.0.